The van der Waals surface area contributed by atoms with E-state index in [-0.39, 0.29) is 21.6 Å². The van der Waals surface area contributed by atoms with Crippen molar-refractivity contribution in [3.8, 4) is 5.75 Å². The Hall–Kier alpha value is -1.87. The van der Waals surface area contributed by atoms with Crippen molar-refractivity contribution in [3.05, 3.63) is 23.2 Å². The van der Waals surface area contributed by atoms with E-state index in [9.17, 15) is 8.42 Å². The van der Waals surface area contributed by atoms with E-state index in [1.54, 1.807) is 0 Å². The number of rotatable bonds is 4. The molecule has 0 aliphatic carbocycles. The third-order valence-electron chi connectivity index (χ3n) is 1.99. The number of anilines is 1. The molecule has 1 aromatic carbocycles. The van der Waals surface area contributed by atoms with E-state index in [2.05, 4.69) is 25.3 Å². The van der Waals surface area contributed by atoms with Crippen LogP contribution in [0.15, 0.2) is 23.1 Å². The molecule has 96 valence electrons. The molecule has 10 heteroatoms. The summed E-state index contributed by atoms with van der Waals surface area (Å²) >= 11 is 5.76. The molecule has 0 saturated heterocycles. The van der Waals surface area contributed by atoms with Gasteiger partial charge in [0.05, 0.1) is 7.11 Å². The van der Waals surface area contributed by atoms with Gasteiger partial charge in [-0.2, -0.15) is 5.21 Å². The summed E-state index contributed by atoms with van der Waals surface area (Å²) in [6.45, 7) is 0. The molecule has 0 aliphatic rings. The smallest absolute Gasteiger partial charge is 0.276 e. The maximum absolute atomic E-state index is 12.1. The highest BCUT2D eigenvalue weighted by molar-refractivity contribution is 7.92. The minimum absolute atomic E-state index is 0.109. The number of hydrogen-bond acceptors (Lipinski definition) is 6. The molecule has 2 N–H and O–H groups in total. The van der Waals surface area contributed by atoms with Gasteiger partial charge in [0.15, 0.2) is 0 Å². The molecule has 0 unspecified atom stereocenters. The van der Waals surface area contributed by atoms with Crippen LogP contribution in [-0.2, 0) is 10.0 Å². The zero-order chi connectivity index (χ0) is 13.2. The molecule has 0 atom stereocenters. The van der Waals surface area contributed by atoms with Gasteiger partial charge in [-0.1, -0.05) is 16.7 Å². The average Bonchev–Trinajstić information content (AvgIpc) is 2.81. The van der Waals surface area contributed by atoms with Gasteiger partial charge in [0.1, 0.15) is 10.6 Å². The second-order valence-electron chi connectivity index (χ2n) is 3.14. The summed E-state index contributed by atoms with van der Waals surface area (Å²) in [5, 5.41) is 12.6. The molecule has 0 bridgehead atoms. The van der Waals surface area contributed by atoms with E-state index in [1.165, 1.54) is 25.3 Å². The van der Waals surface area contributed by atoms with Gasteiger partial charge in [0.25, 0.3) is 16.0 Å². The van der Waals surface area contributed by atoms with Crippen LogP contribution >= 0.6 is 11.6 Å². The molecule has 1 aromatic heterocycles. The van der Waals surface area contributed by atoms with Gasteiger partial charge in [-0.15, -0.1) is 5.10 Å². The molecular weight excluding hydrogens is 282 g/mol. The highest BCUT2D eigenvalue weighted by Crippen LogP contribution is 2.27. The lowest BCUT2D eigenvalue weighted by Crippen LogP contribution is -2.15. The van der Waals surface area contributed by atoms with Gasteiger partial charge >= 0.3 is 0 Å². The van der Waals surface area contributed by atoms with Crippen LogP contribution in [0.1, 0.15) is 0 Å². The molecule has 0 radical (unpaired) electrons. The van der Waals surface area contributed by atoms with Gasteiger partial charge in [-0.3, -0.25) is 0 Å². The Balaban J connectivity index is 2.43. The molecule has 0 spiro atoms. The molecule has 0 aliphatic heterocycles. The molecule has 2 aromatic rings. The number of aromatic amines is 1. The van der Waals surface area contributed by atoms with Gasteiger partial charge in [-0.25, -0.2) is 13.1 Å². The first kappa shape index (κ1) is 12.6. The van der Waals surface area contributed by atoms with Gasteiger partial charge in [0, 0.05) is 5.02 Å². The van der Waals surface area contributed by atoms with Crippen LogP contribution in [0.25, 0.3) is 0 Å². The van der Waals surface area contributed by atoms with Crippen LogP contribution in [0.4, 0.5) is 5.95 Å². The summed E-state index contributed by atoms with van der Waals surface area (Å²) < 4.78 is 31.2. The monoisotopic (exact) mass is 289 g/mol. The highest BCUT2D eigenvalue weighted by atomic mass is 35.5. The van der Waals surface area contributed by atoms with Crippen molar-refractivity contribution >= 4 is 27.6 Å². The van der Waals surface area contributed by atoms with Crippen molar-refractivity contribution in [1.29, 1.82) is 0 Å². The van der Waals surface area contributed by atoms with Crippen LogP contribution in [-0.4, -0.2) is 36.2 Å². The lowest BCUT2D eigenvalue weighted by atomic mass is 10.3. The van der Waals surface area contributed by atoms with Crippen LogP contribution in [0.2, 0.25) is 5.02 Å². The predicted molar refractivity (Wildman–Crippen MR) is 63.0 cm³/mol. The van der Waals surface area contributed by atoms with Crippen molar-refractivity contribution in [2.24, 2.45) is 0 Å². The Morgan fingerprint density at radius 1 is 1.44 bits per heavy atom. The first-order chi connectivity index (χ1) is 8.53. The van der Waals surface area contributed by atoms with Crippen molar-refractivity contribution < 1.29 is 13.2 Å². The Kier molecular flexibility index (Phi) is 3.34. The number of H-pyrrole nitrogens is 1. The third-order valence-corrected chi connectivity index (χ3v) is 3.57. The summed E-state index contributed by atoms with van der Waals surface area (Å²) in [4.78, 5) is -0.109. The van der Waals surface area contributed by atoms with Crippen molar-refractivity contribution in [2.75, 3.05) is 11.8 Å². The normalized spacial score (nSPS) is 11.2. The molecule has 0 saturated carbocycles. The van der Waals surface area contributed by atoms with E-state index in [0.717, 1.165) is 0 Å². The summed E-state index contributed by atoms with van der Waals surface area (Å²) in [6.07, 6.45) is 0. The van der Waals surface area contributed by atoms with E-state index in [1.807, 2.05) is 0 Å². The Morgan fingerprint density at radius 2 is 2.22 bits per heavy atom. The lowest BCUT2D eigenvalue weighted by molar-refractivity contribution is 0.403. The van der Waals surface area contributed by atoms with Gasteiger partial charge in [-0.05, 0) is 23.4 Å². The first-order valence-corrected chi connectivity index (χ1v) is 6.49. The number of hydrogen-bond donors (Lipinski definition) is 2. The van der Waals surface area contributed by atoms with E-state index >= 15 is 0 Å². The minimum atomic E-state index is -3.89. The zero-order valence-electron chi connectivity index (χ0n) is 9.08. The Morgan fingerprint density at radius 3 is 2.83 bits per heavy atom. The summed E-state index contributed by atoms with van der Waals surface area (Å²) in [5.41, 5.74) is 0. The number of tetrazole rings is 1. The zero-order valence-corrected chi connectivity index (χ0v) is 10.7. The molecule has 0 amide bonds. The molecule has 8 nitrogen and oxygen atoms in total. The van der Waals surface area contributed by atoms with Crippen LogP contribution in [0.3, 0.4) is 0 Å². The average molecular weight is 290 g/mol. The number of nitrogens with zero attached hydrogens (tertiary/aromatic N) is 3. The number of sulfonamides is 1. The maximum Gasteiger partial charge on any atom is 0.276 e. The maximum atomic E-state index is 12.1. The van der Waals surface area contributed by atoms with Crippen molar-refractivity contribution in [1.82, 2.24) is 20.6 Å². The van der Waals surface area contributed by atoms with Gasteiger partial charge < -0.3 is 4.74 Å². The Labute approximate surface area is 107 Å². The minimum Gasteiger partial charge on any atom is -0.495 e. The van der Waals surface area contributed by atoms with Crippen molar-refractivity contribution in [2.45, 2.75) is 4.90 Å². The SMILES string of the molecule is COc1ccc(Cl)cc1S(=O)(=O)Nc1nn[nH]n1. The van der Waals surface area contributed by atoms with E-state index < -0.39 is 10.0 Å². The summed E-state index contributed by atoms with van der Waals surface area (Å²) in [7, 11) is -2.54. The topological polar surface area (TPSA) is 110 Å². The number of ether oxygens (including phenoxy) is 1. The molecule has 2 rings (SSSR count). The van der Waals surface area contributed by atoms with Gasteiger partial charge in [0.2, 0.25) is 0 Å². The highest BCUT2D eigenvalue weighted by Gasteiger charge is 2.21. The van der Waals surface area contributed by atoms with E-state index in [4.69, 9.17) is 16.3 Å². The summed E-state index contributed by atoms with van der Waals surface area (Å²) in [5.74, 6) is -0.00702. The molecule has 0 fully saturated rings. The number of aromatic nitrogens is 4. The van der Waals surface area contributed by atoms with Crippen LogP contribution < -0.4 is 9.46 Å². The van der Waals surface area contributed by atoms with E-state index in [0.29, 0.717) is 0 Å². The quantitative estimate of drug-likeness (QED) is 0.855. The fourth-order valence-corrected chi connectivity index (χ4v) is 2.61. The van der Waals surface area contributed by atoms with Crippen LogP contribution in [0, 0.1) is 0 Å². The van der Waals surface area contributed by atoms with Crippen molar-refractivity contribution in [3.63, 3.8) is 0 Å². The molecule has 18 heavy (non-hydrogen) atoms. The molecule has 1 heterocycles. The standard InChI is InChI=1S/C8H8ClN5O3S/c1-17-6-3-2-5(9)4-7(6)18(15,16)12-8-10-13-14-11-8/h2-4H,1H3,(H2,10,11,12,13,14). The fourth-order valence-electron chi connectivity index (χ4n) is 1.24. The largest absolute Gasteiger partial charge is 0.495 e. The second-order valence-corrected chi connectivity index (χ2v) is 5.22. The third kappa shape index (κ3) is 2.51. The number of halogens is 1. The number of benzene rings is 1. The molecular formula is C8H8ClN5O3S. The van der Waals surface area contributed by atoms with Crippen LogP contribution in [0.5, 0.6) is 5.75 Å². The predicted octanol–water partition coefficient (Wildman–Crippen LogP) is 0.662. The summed E-state index contributed by atoms with van der Waals surface area (Å²) in [6, 6.07) is 4.24. The Bertz CT molecular complexity index is 643. The first-order valence-electron chi connectivity index (χ1n) is 4.63. The number of nitrogens with one attached hydrogen (secondary N) is 2. The second kappa shape index (κ2) is 4.78. The lowest BCUT2D eigenvalue weighted by Gasteiger charge is -2.09. The fraction of sp³-hybridized carbons (Fsp3) is 0.125. The number of methoxy groups -OCH3 is 1.